The van der Waals surface area contributed by atoms with Crippen molar-refractivity contribution in [3.05, 3.63) is 0 Å². The molecule has 0 unspecified atom stereocenters. The average molecular weight is 448 g/mol. The molecule has 0 aromatic heterocycles. The molecule has 0 bridgehead atoms. The molecule has 22 heavy (non-hydrogen) atoms. The van der Waals surface area contributed by atoms with E-state index >= 15 is 0 Å². The van der Waals surface area contributed by atoms with E-state index in [1.165, 1.54) is 0 Å². The van der Waals surface area contributed by atoms with Crippen LogP contribution in [0.3, 0.4) is 0 Å². The summed E-state index contributed by atoms with van der Waals surface area (Å²) in [5, 5.41) is 29.2. The number of hydrogen-bond acceptors (Lipinski definition) is 6. The largest absolute Gasteiger partial charge is 3.00 e. The van der Waals surface area contributed by atoms with E-state index in [9.17, 15) is 15.3 Å². The zero-order valence-electron chi connectivity index (χ0n) is 14.5. The van der Waals surface area contributed by atoms with Crippen LogP contribution in [-0.2, 0) is 14.2 Å². The minimum Gasteiger partial charge on any atom is -0.854 e. The molecular formula is C15H33LaO6. The summed E-state index contributed by atoms with van der Waals surface area (Å²) < 4.78 is 14.6. The van der Waals surface area contributed by atoms with Crippen LogP contribution in [0.5, 0.6) is 0 Å². The molecule has 7 heteroatoms. The van der Waals surface area contributed by atoms with Gasteiger partial charge in [-0.05, 0) is 40.0 Å². The Hall–Kier alpha value is 0.955. The second-order valence-corrected chi connectivity index (χ2v) is 3.76. The van der Waals surface area contributed by atoms with Crippen LogP contribution in [0, 0.1) is 35.6 Å². The average Bonchev–Trinajstić information content (AvgIpc) is 2.50. The quantitative estimate of drug-likeness (QED) is 0.367. The zero-order valence-corrected chi connectivity index (χ0v) is 18.1. The summed E-state index contributed by atoms with van der Waals surface area (Å²) in [6.07, 6.45) is 1.94. The summed E-state index contributed by atoms with van der Waals surface area (Å²) >= 11 is 0. The molecule has 0 aliphatic rings. The van der Waals surface area contributed by atoms with Gasteiger partial charge in [-0.2, -0.15) is 0 Å². The molecule has 0 rings (SSSR count). The Morgan fingerprint density at radius 1 is 0.545 bits per heavy atom. The van der Waals surface area contributed by atoms with E-state index < -0.39 is 0 Å². The number of rotatable bonds is 12. The van der Waals surface area contributed by atoms with Crippen molar-refractivity contribution in [1.82, 2.24) is 0 Å². The molecule has 0 atom stereocenters. The SMILES string of the molecule is CCOCCC[O-].CCOCCC[O-].CCOCCC[O-].[La+3]. The first-order valence-electron chi connectivity index (χ1n) is 7.72. The molecule has 6 nitrogen and oxygen atoms in total. The molecule has 0 aliphatic heterocycles. The number of ether oxygens (including phenoxy) is 3. The molecule has 0 amide bonds. The van der Waals surface area contributed by atoms with Crippen LogP contribution in [0.25, 0.3) is 0 Å². The summed E-state index contributed by atoms with van der Waals surface area (Å²) in [6.45, 7) is 9.76. The van der Waals surface area contributed by atoms with Gasteiger partial charge in [-0.15, -0.1) is 19.8 Å². The molecule has 132 valence electrons. The fraction of sp³-hybridized carbons (Fsp3) is 1.00. The van der Waals surface area contributed by atoms with Gasteiger partial charge in [0, 0.05) is 39.6 Å². The van der Waals surface area contributed by atoms with Gasteiger partial charge in [-0.25, -0.2) is 0 Å². The standard InChI is InChI=1S/3C5H11O2.La/c3*1-2-7-5-3-4-6;/h3*2-5H2,1H3;/q3*-1;+3. The zero-order chi connectivity index (χ0) is 16.6. The van der Waals surface area contributed by atoms with Gasteiger partial charge in [-0.1, -0.05) is 0 Å². The molecule has 0 spiro atoms. The minimum absolute atomic E-state index is 0. The molecule has 0 aromatic carbocycles. The molecule has 0 saturated carbocycles. The van der Waals surface area contributed by atoms with E-state index in [-0.39, 0.29) is 55.4 Å². The van der Waals surface area contributed by atoms with Gasteiger partial charge in [0.05, 0.1) is 0 Å². The topological polar surface area (TPSA) is 96.9 Å². The number of hydrogen-bond donors (Lipinski definition) is 0. The Morgan fingerprint density at radius 2 is 0.773 bits per heavy atom. The van der Waals surface area contributed by atoms with Crippen LogP contribution in [0.2, 0.25) is 0 Å². The second-order valence-electron chi connectivity index (χ2n) is 3.76. The second kappa shape index (κ2) is 37.9. The first-order chi connectivity index (χ1) is 10.2. The van der Waals surface area contributed by atoms with Gasteiger partial charge < -0.3 is 29.5 Å². The van der Waals surface area contributed by atoms with Gasteiger partial charge in [0.25, 0.3) is 0 Å². The van der Waals surface area contributed by atoms with E-state index in [4.69, 9.17) is 14.2 Å². The maximum atomic E-state index is 9.72. The van der Waals surface area contributed by atoms with Gasteiger partial charge in [0.15, 0.2) is 0 Å². The summed E-state index contributed by atoms with van der Waals surface area (Å²) in [5.41, 5.74) is 0. The van der Waals surface area contributed by atoms with Crippen LogP contribution >= 0.6 is 0 Å². The van der Waals surface area contributed by atoms with E-state index in [2.05, 4.69) is 0 Å². The fourth-order valence-corrected chi connectivity index (χ4v) is 0.916. The molecule has 0 aliphatic carbocycles. The van der Waals surface area contributed by atoms with E-state index in [1.54, 1.807) is 0 Å². The molecule has 0 fully saturated rings. The van der Waals surface area contributed by atoms with E-state index in [1.807, 2.05) is 20.8 Å². The van der Waals surface area contributed by atoms with Crippen molar-refractivity contribution in [2.24, 2.45) is 0 Å². The summed E-state index contributed by atoms with van der Waals surface area (Å²) in [7, 11) is 0. The van der Waals surface area contributed by atoms with Gasteiger partial charge in [0.2, 0.25) is 0 Å². The van der Waals surface area contributed by atoms with Crippen molar-refractivity contribution >= 4 is 0 Å². The Morgan fingerprint density at radius 3 is 0.909 bits per heavy atom. The monoisotopic (exact) mass is 448 g/mol. The van der Waals surface area contributed by atoms with E-state index in [0.29, 0.717) is 39.1 Å². The van der Waals surface area contributed by atoms with Crippen LogP contribution in [0.4, 0.5) is 0 Å². The molecular weight excluding hydrogens is 415 g/mol. The molecule has 0 aromatic rings. The first-order valence-corrected chi connectivity index (χ1v) is 7.72. The van der Waals surface area contributed by atoms with Crippen molar-refractivity contribution in [2.45, 2.75) is 40.0 Å². The van der Waals surface area contributed by atoms with Crippen molar-refractivity contribution in [3.8, 4) is 0 Å². The Bertz CT molecular complexity index is 105. The first kappa shape index (κ1) is 30.8. The molecule has 0 saturated heterocycles. The normalized spacial score (nSPS) is 9.00. The maximum absolute atomic E-state index is 9.72. The molecule has 0 radical (unpaired) electrons. The van der Waals surface area contributed by atoms with Crippen molar-refractivity contribution in [2.75, 3.05) is 59.5 Å². The Kier molecular flexibility index (Phi) is 53.0. The third-order valence-corrected chi connectivity index (χ3v) is 1.91. The van der Waals surface area contributed by atoms with Crippen LogP contribution in [-0.4, -0.2) is 59.5 Å². The van der Waals surface area contributed by atoms with Gasteiger partial charge in [0.1, 0.15) is 0 Å². The van der Waals surface area contributed by atoms with Gasteiger partial charge in [-0.3, -0.25) is 0 Å². The van der Waals surface area contributed by atoms with Crippen molar-refractivity contribution < 1.29 is 65.1 Å². The maximum Gasteiger partial charge on any atom is 3.00 e. The van der Waals surface area contributed by atoms with Crippen LogP contribution < -0.4 is 15.3 Å². The summed E-state index contributed by atoms with van der Waals surface area (Å²) in [4.78, 5) is 0. The smallest absolute Gasteiger partial charge is 0.854 e. The predicted octanol–water partition coefficient (Wildman–Crippen LogP) is -0.680. The Balaban J connectivity index is -0.000000108. The predicted molar refractivity (Wildman–Crippen MR) is 77.9 cm³/mol. The summed E-state index contributed by atoms with van der Waals surface area (Å²) in [5.74, 6) is 0. The minimum atomic E-state index is -0.0139. The van der Waals surface area contributed by atoms with Crippen LogP contribution in [0.1, 0.15) is 40.0 Å². The van der Waals surface area contributed by atoms with Crippen molar-refractivity contribution in [1.29, 1.82) is 0 Å². The third kappa shape index (κ3) is 49.7. The summed E-state index contributed by atoms with van der Waals surface area (Å²) in [6, 6.07) is 0. The van der Waals surface area contributed by atoms with E-state index in [0.717, 1.165) is 19.8 Å². The Labute approximate surface area is 164 Å². The third-order valence-electron chi connectivity index (χ3n) is 1.91. The fourth-order valence-electron chi connectivity index (χ4n) is 0.916. The van der Waals surface area contributed by atoms with Crippen molar-refractivity contribution in [3.63, 3.8) is 0 Å². The molecule has 0 heterocycles. The van der Waals surface area contributed by atoms with Gasteiger partial charge >= 0.3 is 35.6 Å². The molecule has 0 N–H and O–H groups in total. The van der Waals surface area contributed by atoms with Crippen LogP contribution in [0.15, 0.2) is 0 Å².